The normalized spacial score (nSPS) is 25.4. The lowest BCUT2D eigenvalue weighted by Gasteiger charge is -2.23. The molecule has 0 saturated heterocycles. The van der Waals surface area contributed by atoms with Crippen LogP contribution in [0.25, 0.3) is 0 Å². The molecule has 2 heterocycles. The third kappa shape index (κ3) is 1.45. The van der Waals surface area contributed by atoms with Crippen molar-refractivity contribution < 1.29 is 4.58 Å². The zero-order valence-corrected chi connectivity index (χ0v) is 9.28. The van der Waals surface area contributed by atoms with E-state index in [0.29, 0.717) is 6.04 Å². The van der Waals surface area contributed by atoms with Gasteiger partial charge in [-0.2, -0.15) is 0 Å². The summed E-state index contributed by atoms with van der Waals surface area (Å²) in [6, 6.07) is 0.362. The smallest absolute Gasteiger partial charge is 0.223 e. The molecule has 0 aromatic rings. The first-order valence-corrected chi connectivity index (χ1v) is 5.04. The minimum absolute atomic E-state index is 0.214. The number of hydrogen-bond acceptors (Lipinski definition) is 1. The van der Waals surface area contributed by atoms with Crippen molar-refractivity contribution in [1.82, 2.24) is 0 Å². The summed E-state index contributed by atoms with van der Waals surface area (Å²) in [5.41, 5.74) is 2.74. The van der Waals surface area contributed by atoms with Gasteiger partial charge in [-0.25, -0.2) is 4.58 Å². The highest BCUT2D eigenvalue weighted by Crippen LogP contribution is 2.29. The van der Waals surface area contributed by atoms with Crippen molar-refractivity contribution in [2.24, 2.45) is 10.4 Å². The number of allylic oxidation sites excluding steroid dienone is 2. The molecule has 2 nitrogen and oxygen atoms in total. The van der Waals surface area contributed by atoms with Crippen LogP contribution < -0.4 is 0 Å². The molecule has 1 unspecified atom stereocenters. The maximum Gasteiger partial charge on any atom is 0.287 e. The Morgan fingerprint density at radius 1 is 1.36 bits per heavy atom. The van der Waals surface area contributed by atoms with Crippen molar-refractivity contribution in [2.75, 3.05) is 0 Å². The molecular formula is C12H17N2+. The standard InChI is InChI=1S/C12H17N2/c1-9-11-6-5-10(12(2,3)4)7-14(11)8-13-9/h5-8,11H,1-4H3/q+1. The second-order valence-corrected chi connectivity index (χ2v) is 4.97. The van der Waals surface area contributed by atoms with Crippen molar-refractivity contribution in [3.8, 4) is 0 Å². The van der Waals surface area contributed by atoms with E-state index in [4.69, 9.17) is 0 Å². The van der Waals surface area contributed by atoms with Crippen molar-refractivity contribution in [1.29, 1.82) is 0 Å². The fraction of sp³-hybridized carbons (Fsp3) is 0.500. The molecule has 1 atom stereocenters. The van der Waals surface area contributed by atoms with Gasteiger partial charge < -0.3 is 0 Å². The van der Waals surface area contributed by atoms with Gasteiger partial charge in [-0.15, -0.1) is 0 Å². The molecule has 0 radical (unpaired) electrons. The number of aliphatic imine (C=N–C) groups is 1. The summed E-state index contributed by atoms with van der Waals surface area (Å²) in [4.78, 5) is 4.32. The summed E-state index contributed by atoms with van der Waals surface area (Å²) >= 11 is 0. The van der Waals surface area contributed by atoms with Crippen LogP contribution in [0.5, 0.6) is 0 Å². The predicted molar refractivity (Wildman–Crippen MR) is 59.9 cm³/mol. The predicted octanol–water partition coefficient (Wildman–Crippen LogP) is 2.37. The average Bonchev–Trinajstić information content (AvgIpc) is 2.46. The third-order valence-electron chi connectivity index (χ3n) is 2.76. The number of hydrogen-bond donors (Lipinski definition) is 0. The maximum absolute atomic E-state index is 4.32. The molecule has 0 amide bonds. The first-order chi connectivity index (χ1) is 6.48. The van der Waals surface area contributed by atoms with E-state index in [1.807, 2.05) is 6.34 Å². The van der Waals surface area contributed by atoms with Crippen LogP contribution in [-0.4, -0.2) is 22.7 Å². The van der Waals surface area contributed by atoms with Crippen LogP contribution in [0.1, 0.15) is 27.7 Å². The third-order valence-corrected chi connectivity index (χ3v) is 2.76. The molecular weight excluding hydrogens is 172 g/mol. The van der Waals surface area contributed by atoms with E-state index in [9.17, 15) is 0 Å². The van der Waals surface area contributed by atoms with Crippen LogP contribution in [0.15, 0.2) is 28.9 Å². The highest BCUT2D eigenvalue weighted by Gasteiger charge is 2.30. The molecule has 0 bridgehead atoms. The molecule has 74 valence electrons. The summed E-state index contributed by atoms with van der Waals surface area (Å²) in [6.45, 7) is 8.76. The molecule has 2 heteroatoms. The summed E-state index contributed by atoms with van der Waals surface area (Å²) in [5.74, 6) is 0. The minimum atomic E-state index is 0.214. The van der Waals surface area contributed by atoms with E-state index >= 15 is 0 Å². The van der Waals surface area contributed by atoms with Gasteiger partial charge in [0.05, 0.1) is 6.20 Å². The van der Waals surface area contributed by atoms with Crippen molar-refractivity contribution in [3.63, 3.8) is 0 Å². The zero-order chi connectivity index (χ0) is 10.3. The molecule has 0 aromatic carbocycles. The highest BCUT2D eigenvalue weighted by molar-refractivity contribution is 5.95. The minimum Gasteiger partial charge on any atom is -0.223 e. The van der Waals surface area contributed by atoms with Crippen molar-refractivity contribution in [2.45, 2.75) is 33.7 Å². The quantitative estimate of drug-likeness (QED) is 0.520. The molecule has 2 rings (SSSR count). The first kappa shape index (κ1) is 9.38. The SMILES string of the molecule is CC1=NC=[N+]2C=C(C(C)(C)C)C=CC12. The lowest BCUT2D eigenvalue weighted by atomic mass is 9.85. The molecule has 0 aliphatic carbocycles. The number of rotatable bonds is 0. The lowest BCUT2D eigenvalue weighted by molar-refractivity contribution is -0.462. The first-order valence-electron chi connectivity index (χ1n) is 5.04. The monoisotopic (exact) mass is 189 g/mol. The maximum atomic E-state index is 4.32. The van der Waals surface area contributed by atoms with Crippen LogP contribution in [0.4, 0.5) is 0 Å². The summed E-state index contributed by atoms with van der Waals surface area (Å²) in [5, 5.41) is 0. The molecule has 2 aliphatic heterocycles. The Morgan fingerprint density at radius 3 is 2.71 bits per heavy atom. The Bertz CT molecular complexity index is 376. The van der Waals surface area contributed by atoms with Gasteiger partial charge in [0.15, 0.2) is 11.8 Å². The second-order valence-electron chi connectivity index (χ2n) is 4.97. The van der Waals surface area contributed by atoms with Crippen molar-refractivity contribution in [3.05, 3.63) is 23.9 Å². The largest absolute Gasteiger partial charge is 0.287 e. The lowest BCUT2D eigenvalue weighted by Crippen LogP contribution is -2.27. The van der Waals surface area contributed by atoms with Gasteiger partial charge in [-0.1, -0.05) is 31.8 Å². The van der Waals surface area contributed by atoms with Gasteiger partial charge in [-0.05, 0) is 17.1 Å². The Morgan fingerprint density at radius 2 is 2.07 bits per heavy atom. The van der Waals surface area contributed by atoms with Crippen LogP contribution in [0.2, 0.25) is 0 Å². The van der Waals surface area contributed by atoms with Gasteiger partial charge in [-0.3, -0.25) is 0 Å². The molecule has 0 spiro atoms. The van der Waals surface area contributed by atoms with E-state index < -0.39 is 0 Å². The second kappa shape index (κ2) is 2.91. The van der Waals surface area contributed by atoms with Crippen LogP contribution in [0.3, 0.4) is 0 Å². The molecule has 14 heavy (non-hydrogen) atoms. The summed E-state index contributed by atoms with van der Waals surface area (Å²) < 4.78 is 2.18. The van der Waals surface area contributed by atoms with Gasteiger partial charge in [0.1, 0.15) is 0 Å². The Kier molecular flexibility index (Phi) is 1.95. The van der Waals surface area contributed by atoms with E-state index in [1.54, 1.807) is 0 Å². The molecule has 0 saturated carbocycles. The summed E-state index contributed by atoms with van der Waals surface area (Å²) in [6.07, 6.45) is 8.56. The van der Waals surface area contributed by atoms with Crippen LogP contribution >= 0.6 is 0 Å². The summed E-state index contributed by atoms with van der Waals surface area (Å²) in [7, 11) is 0. The Balaban J connectivity index is 2.31. The fourth-order valence-corrected chi connectivity index (χ4v) is 1.72. The van der Waals surface area contributed by atoms with Crippen LogP contribution in [-0.2, 0) is 0 Å². The van der Waals surface area contributed by atoms with E-state index in [-0.39, 0.29) is 5.41 Å². The van der Waals surface area contributed by atoms with Crippen LogP contribution in [0, 0.1) is 5.41 Å². The van der Waals surface area contributed by atoms with Crippen molar-refractivity contribution >= 4 is 12.1 Å². The molecule has 2 aliphatic rings. The molecule has 0 N–H and O–H groups in total. The zero-order valence-electron chi connectivity index (χ0n) is 9.28. The van der Waals surface area contributed by atoms with E-state index in [1.165, 1.54) is 11.3 Å². The topological polar surface area (TPSA) is 15.4 Å². The number of nitrogens with zero attached hydrogens (tertiary/aromatic N) is 2. The van der Waals surface area contributed by atoms with Gasteiger partial charge >= 0.3 is 0 Å². The Labute approximate surface area is 85.4 Å². The van der Waals surface area contributed by atoms with Gasteiger partial charge in [0.25, 0.3) is 6.34 Å². The van der Waals surface area contributed by atoms with E-state index in [2.05, 4.69) is 55.6 Å². The fourth-order valence-electron chi connectivity index (χ4n) is 1.72. The Hall–Kier alpha value is -1.18. The number of fused-ring (bicyclic) bond motifs is 1. The van der Waals surface area contributed by atoms with Gasteiger partial charge in [0, 0.05) is 6.92 Å². The average molecular weight is 189 g/mol. The molecule has 0 fully saturated rings. The molecule has 0 aromatic heterocycles. The highest BCUT2D eigenvalue weighted by atomic mass is 15.1. The van der Waals surface area contributed by atoms with Gasteiger partial charge in [0.2, 0.25) is 0 Å². The van der Waals surface area contributed by atoms with E-state index in [0.717, 1.165) is 0 Å².